The van der Waals surface area contributed by atoms with E-state index >= 15 is 0 Å². The molecule has 28 heavy (non-hydrogen) atoms. The Hall–Kier alpha value is -3.05. The van der Waals surface area contributed by atoms with E-state index in [0.29, 0.717) is 17.3 Å². The molecule has 0 fully saturated rings. The molecule has 0 atom stereocenters. The standard InChI is InChI=1S/C22H20ClN3O2/c1-15(2)25-20-12-17(23)13-24-21(20)26(22(25)27)18-8-10-19(11-9-18)28-14-16-6-4-3-5-7-16/h3-13,15H,14H2,1-2H3. The van der Waals surface area contributed by atoms with E-state index < -0.39 is 0 Å². The van der Waals surface area contributed by atoms with Gasteiger partial charge in [-0.3, -0.25) is 4.57 Å². The van der Waals surface area contributed by atoms with E-state index in [1.807, 2.05) is 68.4 Å². The largest absolute Gasteiger partial charge is 0.489 e. The van der Waals surface area contributed by atoms with Crippen LogP contribution >= 0.6 is 11.6 Å². The summed E-state index contributed by atoms with van der Waals surface area (Å²) >= 11 is 6.11. The number of rotatable bonds is 5. The number of imidazole rings is 1. The third kappa shape index (κ3) is 3.41. The van der Waals surface area contributed by atoms with Gasteiger partial charge in [0.2, 0.25) is 0 Å². The van der Waals surface area contributed by atoms with Gasteiger partial charge in [-0.2, -0.15) is 0 Å². The highest BCUT2D eigenvalue weighted by Gasteiger charge is 2.18. The van der Waals surface area contributed by atoms with Crippen molar-refractivity contribution >= 4 is 22.8 Å². The van der Waals surface area contributed by atoms with Crippen LogP contribution < -0.4 is 10.4 Å². The summed E-state index contributed by atoms with van der Waals surface area (Å²) in [6.07, 6.45) is 1.56. The molecule has 0 amide bonds. The third-order valence-electron chi connectivity index (χ3n) is 4.54. The number of aromatic nitrogens is 3. The molecular formula is C22H20ClN3O2. The highest BCUT2D eigenvalue weighted by atomic mass is 35.5. The molecule has 4 aromatic rings. The number of ether oxygens (including phenoxy) is 1. The van der Waals surface area contributed by atoms with Crippen molar-refractivity contribution in [1.82, 2.24) is 14.1 Å². The Kier molecular flexibility index (Phi) is 4.92. The topological polar surface area (TPSA) is 49.0 Å². The molecule has 0 saturated carbocycles. The highest BCUT2D eigenvalue weighted by Crippen LogP contribution is 2.23. The lowest BCUT2D eigenvalue weighted by atomic mass is 10.2. The average molecular weight is 394 g/mol. The zero-order valence-corrected chi connectivity index (χ0v) is 16.4. The van der Waals surface area contributed by atoms with E-state index in [2.05, 4.69) is 4.98 Å². The van der Waals surface area contributed by atoms with E-state index in [1.165, 1.54) is 0 Å². The van der Waals surface area contributed by atoms with Gasteiger partial charge in [0.1, 0.15) is 12.4 Å². The van der Waals surface area contributed by atoms with E-state index in [-0.39, 0.29) is 11.7 Å². The fourth-order valence-electron chi connectivity index (χ4n) is 3.24. The van der Waals surface area contributed by atoms with Gasteiger partial charge in [-0.15, -0.1) is 0 Å². The van der Waals surface area contributed by atoms with Gasteiger partial charge in [-0.25, -0.2) is 14.3 Å². The Morgan fingerprint density at radius 2 is 1.79 bits per heavy atom. The predicted molar refractivity (Wildman–Crippen MR) is 111 cm³/mol. The minimum Gasteiger partial charge on any atom is -0.489 e. The number of hydrogen-bond acceptors (Lipinski definition) is 3. The molecule has 0 aliphatic heterocycles. The summed E-state index contributed by atoms with van der Waals surface area (Å²) in [5.41, 5.74) is 3.00. The Balaban J connectivity index is 1.69. The van der Waals surface area contributed by atoms with E-state index in [4.69, 9.17) is 16.3 Å². The van der Waals surface area contributed by atoms with Crippen LogP contribution in [0.1, 0.15) is 25.5 Å². The second kappa shape index (κ2) is 7.52. The Morgan fingerprint density at radius 3 is 2.46 bits per heavy atom. The smallest absolute Gasteiger partial charge is 0.335 e. The molecule has 4 rings (SSSR count). The van der Waals surface area contributed by atoms with Crippen molar-refractivity contribution in [2.24, 2.45) is 0 Å². The monoisotopic (exact) mass is 393 g/mol. The normalized spacial score (nSPS) is 11.3. The van der Waals surface area contributed by atoms with Crippen LogP contribution in [0.25, 0.3) is 16.9 Å². The molecule has 0 unspecified atom stereocenters. The molecule has 0 aliphatic carbocycles. The van der Waals surface area contributed by atoms with Crippen molar-refractivity contribution in [1.29, 1.82) is 0 Å². The maximum Gasteiger partial charge on any atom is 0.335 e. The van der Waals surface area contributed by atoms with Crippen molar-refractivity contribution in [2.45, 2.75) is 26.5 Å². The van der Waals surface area contributed by atoms with Gasteiger partial charge >= 0.3 is 5.69 Å². The van der Waals surface area contributed by atoms with Crippen LogP contribution in [0.4, 0.5) is 0 Å². The van der Waals surface area contributed by atoms with Crippen molar-refractivity contribution in [2.75, 3.05) is 0 Å². The van der Waals surface area contributed by atoms with Crippen LogP contribution in [0, 0.1) is 0 Å². The number of nitrogens with zero attached hydrogens (tertiary/aromatic N) is 3. The first-order valence-corrected chi connectivity index (χ1v) is 9.48. The highest BCUT2D eigenvalue weighted by molar-refractivity contribution is 6.31. The van der Waals surface area contributed by atoms with Gasteiger partial charge in [0.15, 0.2) is 5.65 Å². The van der Waals surface area contributed by atoms with Gasteiger partial charge < -0.3 is 4.74 Å². The molecule has 0 radical (unpaired) electrons. The third-order valence-corrected chi connectivity index (χ3v) is 4.75. The second-order valence-electron chi connectivity index (χ2n) is 6.85. The number of pyridine rings is 1. The fraction of sp³-hybridized carbons (Fsp3) is 0.182. The van der Waals surface area contributed by atoms with Crippen LogP contribution in [0.2, 0.25) is 5.02 Å². The maximum atomic E-state index is 13.0. The maximum absolute atomic E-state index is 13.0. The first kappa shape index (κ1) is 18.3. The summed E-state index contributed by atoms with van der Waals surface area (Å²) in [5.74, 6) is 0.740. The number of halogens is 1. The zero-order valence-electron chi connectivity index (χ0n) is 15.7. The molecule has 0 N–H and O–H groups in total. The lowest BCUT2D eigenvalue weighted by Gasteiger charge is -2.08. The van der Waals surface area contributed by atoms with Gasteiger partial charge in [0.25, 0.3) is 0 Å². The molecule has 6 heteroatoms. The molecule has 2 aromatic carbocycles. The zero-order chi connectivity index (χ0) is 19.7. The van der Waals surface area contributed by atoms with E-state index in [1.54, 1.807) is 21.4 Å². The molecule has 5 nitrogen and oxygen atoms in total. The lowest BCUT2D eigenvalue weighted by Crippen LogP contribution is -2.24. The van der Waals surface area contributed by atoms with Crippen LogP contribution in [-0.2, 0) is 6.61 Å². The van der Waals surface area contributed by atoms with E-state index in [0.717, 1.165) is 22.5 Å². The molecule has 2 aromatic heterocycles. The van der Waals surface area contributed by atoms with Crippen molar-refractivity contribution in [3.63, 3.8) is 0 Å². The molecule has 0 aliphatic rings. The van der Waals surface area contributed by atoms with Crippen LogP contribution in [0.15, 0.2) is 71.7 Å². The molecular weight excluding hydrogens is 374 g/mol. The summed E-state index contributed by atoms with van der Waals surface area (Å²) in [5, 5.41) is 0.503. The van der Waals surface area contributed by atoms with Crippen molar-refractivity contribution in [3.05, 3.63) is 87.9 Å². The first-order chi connectivity index (χ1) is 13.5. The summed E-state index contributed by atoms with van der Waals surface area (Å²) in [4.78, 5) is 17.4. The summed E-state index contributed by atoms with van der Waals surface area (Å²) < 4.78 is 9.14. The number of hydrogen-bond donors (Lipinski definition) is 0. The first-order valence-electron chi connectivity index (χ1n) is 9.10. The minimum atomic E-state index is -0.141. The van der Waals surface area contributed by atoms with Crippen LogP contribution in [0.3, 0.4) is 0 Å². The van der Waals surface area contributed by atoms with Gasteiger partial charge in [0.05, 0.1) is 16.2 Å². The van der Waals surface area contributed by atoms with Crippen molar-refractivity contribution < 1.29 is 4.74 Å². The summed E-state index contributed by atoms with van der Waals surface area (Å²) in [6.45, 7) is 4.42. The lowest BCUT2D eigenvalue weighted by molar-refractivity contribution is 0.306. The van der Waals surface area contributed by atoms with Crippen LogP contribution in [0.5, 0.6) is 5.75 Å². The number of fused-ring (bicyclic) bond motifs is 1. The molecule has 0 bridgehead atoms. The summed E-state index contributed by atoms with van der Waals surface area (Å²) in [6, 6.07) is 19.2. The summed E-state index contributed by atoms with van der Waals surface area (Å²) in [7, 11) is 0. The molecule has 2 heterocycles. The second-order valence-corrected chi connectivity index (χ2v) is 7.28. The number of benzene rings is 2. The van der Waals surface area contributed by atoms with Crippen LogP contribution in [-0.4, -0.2) is 14.1 Å². The Labute approximate surface area is 167 Å². The van der Waals surface area contributed by atoms with Gasteiger partial charge in [0, 0.05) is 12.2 Å². The SMILES string of the molecule is CC(C)n1c(=O)n(-c2ccc(OCc3ccccc3)cc2)c2ncc(Cl)cc21. The fourth-order valence-corrected chi connectivity index (χ4v) is 3.39. The van der Waals surface area contributed by atoms with Gasteiger partial charge in [-0.1, -0.05) is 41.9 Å². The Morgan fingerprint density at radius 1 is 1.07 bits per heavy atom. The van der Waals surface area contributed by atoms with Crippen molar-refractivity contribution in [3.8, 4) is 11.4 Å². The molecule has 142 valence electrons. The Bertz CT molecular complexity index is 1160. The average Bonchev–Trinajstić information content (AvgIpc) is 2.98. The quantitative estimate of drug-likeness (QED) is 0.479. The van der Waals surface area contributed by atoms with Gasteiger partial charge in [-0.05, 0) is 49.7 Å². The van der Waals surface area contributed by atoms with E-state index in [9.17, 15) is 4.79 Å². The molecule has 0 saturated heterocycles. The minimum absolute atomic E-state index is 0.00926. The predicted octanol–water partition coefficient (Wildman–Crippen LogP) is 5.00. The molecule has 0 spiro atoms.